The maximum Gasteiger partial charge on any atom is 0.0635 e. The van der Waals surface area contributed by atoms with Crippen molar-refractivity contribution in [2.24, 2.45) is 17.8 Å². The molecule has 2 nitrogen and oxygen atoms in total. The third kappa shape index (κ3) is 2.95. The van der Waals surface area contributed by atoms with E-state index in [0.29, 0.717) is 6.42 Å². The van der Waals surface area contributed by atoms with Crippen LogP contribution in [0.15, 0.2) is 0 Å². The van der Waals surface area contributed by atoms with Crippen LogP contribution in [0.25, 0.3) is 0 Å². The molecule has 15 heavy (non-hydrogen) atoms. The summed E-state index contributed by atoms with van der Waals surface area (Å²) < 4.78 is 0. The molecule has 84 valence electrons. The maximum absolute atomic E-state index is 8.54. The fourth-order valence-electron chi connectivity index (χ4n) is 3.57. The minimum absolute atomic E-state index is 0.677. The first-order valence-corrected chi connectivity index (χ1v) is 6.33. The van der Waals surface area contributed by atoms with Crippen LogP contribution in [0.5, 0.6) is 0 Å². The van der Waals surface area contributed by atoms with Crippen LogP contribution in [-0.2, 0) is 0 Å². The van der Waals surface area contributed by atoms with Gasteiger partial charge in [-0.2, -0.15) is 5.26 Å². The fraction of sp³-hybridized carbons (Fsp3) is 0.923. The molecule has 0 saturated heterocycles. The molecule has 2 atom stereocenters. The first-order chi connectivity index (χ1) is 7.28. The summed E-state index contributed by atoms with van der Waals surface area (Å²) in [7, 11) is 2.16. The molecule has 2 bridgehead atoms. The molecule has 0 aromatic heterocycles. The molecule has 2 aliphatic rings. The van der Waals surface area contributed by atoms with Crippen LogP contribution in [-0.4, -0.2) is 25.0 Å². The van der Waals surface area contributed by atoms with E-state index in [9.17, 15) is 0 Å². The summed E-state index contributed by atoms with van der Waals surface area (Å²) in [5, 5.41) is 8.54. The molecule has 0 spiro atoms. The highest BCUT2D eigenvalue weighted by Gasteiger charge is 2.34. The van der Waals surface area contributed by atoms with Crippen LogP contribution in [0.4, 0.5) is 0 Å². The zero-order chi connectivity index (χ0) is 10.7. The molecule has 0 aromatic rings. The number of nitriles is 1. The summed E-state index contributed by atoms with van der Waals surface area (Å²) in [6, 6.07) is 2.22. The van der Waals surface area contributed by atoms with E-state index < -0.39 is 0 Å². The zero-order valence-corrected chi connectivity index (χ0v) is 9.78. The lowest BCUT2D eigenvalue weighted by Gasteiger charge is -2.30. The summed E-state index contributed by atoms with van der Waals surface area (Å²) in [5.74, 6) is 3.00. The van der Waals surface area contributed by atoms with E-state index >= 15 is 0 Å². The van der Waals surface area contributed by atoms with Crippen molar-refractivity contribution in [3.8, 4) is 6.07 Å². The van der Waals surface area contributed by atoms with Gasteiger partial charge in [0, 0.05) is 19.5 Å². The van der Waals surface area contributed by atoms with E-state index in [1.54, 1.807) is 0 Å². The minimum Gasteiger partial charge on any atom is -0.305 e. The molecule has 2 fully saturated rings. The summed E-state index contributed by atoms with van der Waals surface area (Å²) in [4.78, 5) is 2.35. The number of fused-ring (bicyclic) bond motifs is 2. The van der Waals surface area contributed by atoms with E-state index in [1.807, 2.05) is 0 Å². The third-order valence-electron chi connectivity index (χ3n) is 4.16. The Hall–Kier alpha value is -0.550. The van der Waals surface area contributed by atoms with Crippen molar-refractivity contribution in [2.75, 3.05) is 20.1 Å². The predicted octanol–water partition coefficient (Wildman–Crippen LogP) is 2.66. The number of nitrogens with zero attached hydrogens (tertiary/aromatic N) is 2. The third-order valence-corrected chi connectivity index (χ3v) is 4.16. The van der Waals surface area contributed by atoms with Crippen molar-refractivity contribution in [2.45, 2.75) is 38.5 Å². The van der Waals surface area contributed by atoms with Crippen molar-refractivity contribution in [3.63, 3.8) is 0 Å². The van der Waals surface area contributed by atoms with Crippen molar-refractivity contribution < 1.29 is 0 Å². The van der Waals surface area contributed by atoms with Crippen LogP contribution in [0, 0.1) is 29.1 Å². The second kappa shape index (κ2) is 4.99. The van der Waals surface area contributed by atoms with Gasteiger partial charge in [-0.05, 0) is 44.1 Å². The lowest BCUT2D eigenvalue weighted by molar-refractivity contribution is 0.194. The SMILES string of the molecule is CN(CCC#N)CC1CC2CCC(C2)C1. The van der Waals surface area contributed by atoms with Gasteiger partial charge in [-0.15, -0.1) is 0 Å². The summed E-state index contributed by atoms with van der Waals surface area (Å²) >= 11 is 0. The van der Waals surface area contributed by atoms with Gasteiger partial charge in [0.1, 0.15) is 0 Å². The molecule has 0 N–H and O–H groups in total. The molecule has 0 amide bonds. The van der Waals surface area contributed by atoms with Gasteiger partial charge in [0.15, 0.2) is 0 Å². The van der Waals surface area contributed by atoms with Crippen LogP contribution in [0.1, 0.15) is 38.5 Å². The summed E-state index contributed by atoms with van der Waals surface area (Å²) in [5.41, 5.74) is 0. The molecule has 2 aliphatic carbocycles. The Morgan fingerprint density at radius 2 is 1.87 bits per heavy atom. The number of rotatable bonds is 4. The van der Waals surface area contributed by atoms with Crippen molar-refractivity contribution >= 4 is 0 Å². The van der Waals surface area contributed by atoms with Gasteiger partial charge >= 0.3 is 0 Å². The highest BCUT2D eigenvalue weighted by atomic mass is 15.1. The molecule has 2 heteroatoms. The normalized spacial score (nSPS) is 34.3. The second-order valence-electron chi connectivity index (χ2n) is 5.55. The Morgan fingerprint density at radius 1 is 1.20 bits per heavy atom. The maximum atomic E-state index is 8.54. The highest BCUT2D eigenvalue weighted by molar-refractivity contribution is 4.86. The van der Waals surface area contributed by atoms with Gasteiger partial charge in [-0.3, -0.25) is 0 Å². The Labute approximate surface area is 93.3 Å². The van der Waals surface area contributed by atoms with Crippen molar-refractivity contribution in [1.29, 1.82) is 5.26 Å². The molecule has 0 aliphatic heterocycles. The van der Waals surface area contributed by atoms with Gasteiger partial charge in [-0.25, -0.2) is 0 Å². The fourth-order valence-corrected chi connectivity index (χ4v) is 3.57. The summed E-state index contributed by atoms with van der Waals surface area (Å²) in [6.07, 6.45) is 8.07. The van der Waals surface area contributed by atoms with Crippen LogP contribution >= 0.6 is 0 Å². The van der Waals surface area contributed by atoms with Crippen molar-refractivity contribution in [1.82, 2.24) is 4.90 Å². The monoisotopic (exact) mass is 206 g/mol. The summed E-state index contributed by atoms with van der Waals surface area (Å²) in [6.45, 7) is 2.16. The number of hydrogen-bond donors (Lipinski definition) is 0. The second-order valence-corrected chi connectivity index (χ2v) is 5.55. The molecule has 0 aromatic carbocycles. The van der Waals surface area contributed by atoms with Crippen LogP contribution < -0.4 is 0 Å². The molecule has 2 saturated carbocycles. The first-order valence-electron chi connectivity index (χ1n) is 6.33. The molecule has 2 rings (SSSR count). The van der Waals surface area contributed by atoms with E-state index in [4.69, 9.17) is 5.26 Å². The van der Waals surface area contributed by atoms with E-state index in [0.717, 1.165) is 24.3 Å². The van der Waals surface area contributed by atoms with Crippen molar-refractivity contribution in [3.05, 3.63) is 0 Å². The Morgan fingerprint density at radius 3 is 2.47 bits per heavy atom. The zero-order valence-electron chi connectivity index (χ0n) is 9.78. The Bertz CT molecular complexity index is 231. The number of hydrogen-bond acceptors (Lipinski definition) is 2. The Kier molecular flexibility index (Phi) is 3.64. The lowest BCUT2D eigenvalue weighted by atomic mass is 9.81. The molecule has 0 heterocycles. The van der Waals surface area contributed by atoms with E-state index in [-0.39, 0.29) is 0 Å². The van der Waals surface area contributed by atoms with Crippen LogP contribution in [0.3, 0.4) is 0 Å². The minimum atomic E-state index is 0.677. The molecular weight excluding hydrogens is 184 g/mol. The Balaban J connectivity index is 1.73. The molecule has 2 unspecified atom stereocenters. The van der Waals surface area contributed by atoms with E-state index in [1.165, 1.54) is 38.6 Å². The van der Waals surface area contributed by atoms with E-state index in [2.05, 4.69) is 18.0 Å². The standard InChI is InChI=1S/C13H22N2/c1-15(6-2-5-14)10-13-8-11-3-4-12(7-11)9-13/h11-13H,2-4,6-10H2,1H3. The average Bonchev–Trinajstić information content (AvgIpc) is 2.55. The molecular formula is C13H22N2. The highest BCUT2D eigenvalue weighted by Crippen LogP contribution is 2.44. The van der Waals surface area contributed by atoms with Gasteiger partial charge in [0.2, 0.25) is 0 Å². The van der Waals surface area contributed by atoms with Gasteiger partial charge in [0.25, 0.3) is 0 Å². The van der Waals surface area contributed by atoms with Gasteiger partial charge < -0.3 is 4.90 Å². The molecule has 0 radical (unpaired) electrons. The first kappa shape index (κ1) is 11.0. The largest absolute Gasteiger partial charge is 0.305 e. The predicted molar refractivity (Wildman–Crippen MR) is 61.3 cm³/mol. The topological polar surface area (TPSA) is 27.0 Å². The van der Waals surface area contributed by atoms with Crippen LogP contribution in [0.2, 0.25) is 0 Å². The van der Waals surface area contributed by atoms with Gasteiger partial charge in [-0.1, -0.05) is 12.8 Å². The average molecular weight is 206 g/mol. The quantitative estimate of drug-likeness (QED) is 0.707. The van der Waals surface area contributed by atoms with Gasteiger partial charge in [0.05, 0.1) is 6.07 Å². The lowest BCUT2D eigenvalue weighted by Crippen LogP contribution is -2.30. The smallest absolute Gasteiger partial charge is 0.0635 e.